The second-order valence-corrected chi connectivity index (χ2v) is 7.74. The van der Waals surface area contributed by atoms with Crippen molar-refractivity contribution in [3.8, 4) is 0 Å². The Morgan fingerprint density at radius 3 is 2.63 bits per heavy atom. The van der Waals surface area contributed by atoms with E-state index in [1.54, 1.807) is 23.5 Å². The summed E-state index contributed by atoms with van der Waals surface area (Å²) in [4.78, 5) is 21.2. The predicted octanol–water partition coefficient (Wildman–Crippen LogP) is 3.78. The van der Waals surface area contributed by atoms with Crippen molar-refractivity contribution in [3.63, 3.8) is 0 Å². The van der Waals surface area contributed by atoms with Crippen molar-refractivity contribution in [2.45, 2.75) is 13.5 Å². The number of urea groups is 1. The molecule has 1 N–H and O–H groups in total. The van der Waals surface area contributed by atoms with Crippen LogP contribution in [0.15, 0.2) is 42.5 Å². The lowest BCUT2D eigenvalue weighted by Gasteiger charge is -2.34. The molecule has 2 aromatic carbocycles. The molecule has 2 heterocycles. The average molecular weight is 384 g/mol. The van der Waals surface area contributed by atoms with Gasteiger partial charge < -0.3 is 15.1 Å². The zero-order valence-electron chi connectivity index (χ0n) is 15.1. The summed E-state index contributed by atoms with van der Waals surface area (Å²) >= 11 is 1.70. The Bertz CT molecular complexity index is 948. The van der Waals surface area contributed by atoms with Crippen LogP contribution >= 0.6 is 11.3 Å². The molecule has 7 heteroatoms. The number of anilines is 1. The normalized spacial score (nSPS) is 14.6. The van der Waals surface area contributed by atoms with Crippen LogP contribution in [0.5, 0.6) is 0 Å². The Balaban J connectivity index is 1.32. The number of hydrogen-bond donors (Lipinski definition) is 1. The number of carbonyl (C=O) groups excluding carboxylic acids is 1. The Labute approximate surface area is 161 Å². The third-order valence-corrected chi connectivity index (χ3v) is 5.81. The summed E-state index contributed by atoms with van der Waals surface area (Å²) in [5, 5.41) is 3.92. The highest BCUT2D eigenvalue weighted by Crippen LogP contribution is 2.30. The van der Waals surface area contributed by atoms with Crippen LogP contribution in [0.4, 0.5) is 14.3 Å². The number of fused-ring (bicyclic) bond motifs is 1. The summed E-state index contributed by atoms with van der Waals surface area (Å²) in [6.07, 6.45) is 0. The van der Waals surface area contributed by atoms with E-state index in [1.807, 2.05) is 4.90 Å². The molecule has 0 atom stereocenters. The van der Waals surface area contributed by atoms with Crippen molar-refractivity contribution >= 4 is 32.7 Å². The first-order chi connectivity index (χ1) is 13.1. The van der Waals surface area contributed by atoms with Gasteiger partial charge in [0, 0.05) is 32.7 Å². The van der Waals surface area contributed by atoms with Gasteiger partial charge in [0.1, 0.15) is 5.82 Å². The smallest absolute Gasteiger partial charge is 0.317 e. The fourth-order valence-electron chi connectivity index (χ4n) is 3.15. The van der Waals surface area contributed by atoms with Crippen LogP contribution < -0.4 is 10.2 Å². The number of rotatable bonds is 3. The summed E-state index contributed by atoms with van der Waals surface area (Å²) in [5.74, 6) is -0.272. The third-order valence-electron chi connectivity index (χ3n) is 4.73. The molecular weight excluding hydrogens is 363 g/mol. The highest BCUT2D eigenvalue weighted by molar-refractivity contribution is 7.22. The lowest BCUT2D eigenvalue weighted by Crippen LogP contribution is -2.51. The quantitative estimate of drug-likeness (QED) is 0.748. The number of thiazole rings is 1. The molecule has 0 bridgehead atoms. The molecule has 1 aromatic heterocycles. The van der Waals surface area contributed by atoms with E-state index < -0.39 is 0 Å². The van der Waals surface area contributed by atoms with Crippen molar-refractivity contribution in [3.05, 3.63) is 59.4 Å². The molecule has 2 amide bonds. The molecule has 1 aliphatic heterocycles. The van der Waals surface area contributed by atoms with E-state index in [-0.39, 0.29) is 11.8 Å². The van der Waals surface area contributed by atoms with Gasteiger partial charge in [-0.25, -0.2) is 14.2 Å². The van der Waals surface area contributed by atoms with E-state index in [2.05, 4.69) is 35.3 Å². The number of aryl methyl sites for hydroxylation is 1. The summed E-state index contributed by atoms with van der Waals surface area (Å²) in [7, 11) is 0. The topological polar surface area (TPSA) is 48.5 Å². The van der Waals surface area contributed by atoms with E-state index in [0.717, 1.165) is 29.3 Å². The maximum atomic E-state index is 12.9. The molecule has 4 rings (SSSR count). The maximum absolute atomic E-state index is 12.9. The van der Waals surface area contributed by atoms with Gasteiger partial charge in [-0.15, -0.1) is 0 Å². The van der Waals surface area contributed by atoms with Crippen molar-refractivity contribution in [1.82, 2.24) is 15.2 Å². The molecule has 27 heavy (non-hydrogen) atoms. The van der Waals surface area contributed by atoms with Gasteiger partial charge in [-0.05, 0) is 42.3 Å². The SMILES string of the molecule is Cc1ccc2nc(N3CCN(C(=O)NCc4ccc(F)cc4)CC3)sc2c1. The van der Waals surface area contributed by atoms with Crippen molar-refractivity contribution in [2.75, 3.05) is 31.1 Å². The van der Waals surface area contributed by atoms with Crippen LogP contribution in [0.3, 0.4) is 0 Å². The summed E-state index contributed by atoms with van der Waals surface area (Å²) in [5.41, 5.74) is 3.15. The lowest BCUT2D eigenvalue weighted by molar-refractivity contribution is 0.194. The van der Waals surface area contributed by atoms with Gasteiger partial charge in [-0.2, -0.15) is 0 Å². The number of amides is 2. The molecule has 0 aliphatic carbocycles. The first-order valence-corrected chi connectivity index (χ1v) is 9.79. The second-order valence-electron chi connectivity index (χ2n) is 6.73. The first kappa shape index (κ1) is 17.7. The monoisotopic (exact) mass is 384 g/mol. The fourth-order valence-corrected chi connectivity index (χ4v) is 4.26. The van der Waals surface area contributed by atoms with Crippen LogP contribution in [0, 0.1) is 12.7 Å². The molecule has 3 aromatic rings. The number of piperazine rings is 1. The van der Waals surface area contributed by atoms with Crippen molar-refractivity contribution in [2.24, 2.45) is 0 Å². The molecule has 0 radical (unpaired) electrons. The van der Waals surface area contributed by atoms with E-state index in [4.69, 9.17) is 4.98 Å². The largest absolute Gasteiger partial charge is 0.345 e. The molecule has 0 spiro atoms. The molecule has 1 fully saturated rings. The van der Waals surface area contributed by atoms with Crippen LogP contribution in [0.1, 0.15) is 11.1 Å². The second kappa shape index (κ2) is 7.52. The average Bonchev–Trinajstić information content (AvgIpc) is 3.10. The highest BCUT2D eigenvalue weighted by atomic mass is 32.1. The number of nitrogens with zero attached hydrogens (tertiary/aromatic N) is 3. The van der Waals surface area contributed by atoms with Crippen LogP contribution in [-0.4, -0.2) is 42.1 Å². The minimum absolute atomic E-state index is 0.0844. The van der Waals surface area contributed by atoms with Crippen molar-refractivity contribution < 1.29 is 9.18 Å². The highest BCUT2D eigenvalue weighted by Gasteiger charge is 2.23. The lowest BCUT2D eigenvalue weighted by atomic mass is 10.2. The van der Waals surface area contributed by atoms with Gasteiger partial charge in [0.25, 0.3) is 0 Å². The van der Waals surface area contributed by atoms with Gasteiger partial charge in [-0.1, -0.05) is 29.5 Å². The fraction of sp³-hybridized carbons (Fsp3) is 0.300. The van der Waals surface area contributed by atoms with Crippen molar-refractivity contribution in [1.29, 1.82) is 0 Å². The number of hydrogen-bond acceptors (Lipinski definition) is 4. The molecule has 5 nitrogen and oxygen atoms in total. The van der Waals surface area contributed by atoms with E-state index in [1.165, 1.54) is 22.4 Å². The number of carbonyl (C=O) groups is 1. The third kappa shape index (κ3) is 4.03. The van der Waals surface area contributed by atoms with Gasteiger partial charge in [-0.3, -0.25) is 0 Å². The Morgan fingerprint density at radius 1 is 1.15 bits per heavy atom. The standard InChI is InChI=1S/C20H21FN4OS/c1-14-2-7-17-18(12-14)27-20(23-17)25-10-8-24(9-11-25)19(26)22-13-15-3-5-16(21)6-4-15/h2-7,12H,8-11,13H2,1H3,(H,22,26). The molecule has 140 valence electrons. The van der Waals surface area contributed by atoms with Gasteiger partial charge >= 0.3 is 6.03 Å². The van der Waals surface area contributed by atoms with Gasteiger partial charge in [0.15, 0.2) is 5.13 Å². The molecule has 1 aliphatic rings. The zero-order chi connectivity index (χ0) is 18.8. The van der Waals surface area contributed by atoms with Crippen LogP contribution in [0.2, 0.25) is 0 Å². The number of aromatic nitrogens is 1. The number of benzene rings is 2. The summed E-state index contributed by atoms with van der Waals surface area (Å²) in [6, 6.07) is 12.4. The van der Waals surface area contributed by atoms with E-state index in [0.29, 0.717) is 19.6 Å². The molecular formula is C20H21FN4OS. The zero-order valence-corrected chi connectivity index (χ0v) is 15.9. The summed E-state index contributed by atoms with van der Waals surface area (Å²) in [6.45, 7) is 5.33. The van der Waals surface area contributed by atoms with Gasteiger partial charge in [0.05, 0.1) is 10.2 Å². The maximum Gasteiger partial charge on any atom is 0.317 e. The molecule has 0 saturated carbocycles. The Morgan fingerprint density at radius 2 is 1.89 bits per heavy atom. The predicted molar refractivity (Wildman–Crippen MR) is 107 cm³/mol. The van der Waals surface area contributed by atoms with Crippen LogP contribution in [0.25, 0.3) is 10.2 Å². The van der Waals surface area contributed by atoms with E-state index >= 15 is 0 Å². The molecule has 1 saturated heterocycles. The van der Waals surface area contributed by atoms with Gasteiger partial charge in [0.2, 0.25) is 0 Å². The minimum Gasteiger partial charge on any atom is -0.345 e. The minimum atomic E-state index is -0.272. The first-order valence-electron chi connectivity index (χ1n) is 8.98. The Hall–Kier alpha value is -2.67. The number of nitrogens with one attached hydrogen (secondary N) is 1. The van der Waals surface area contributed by atoms with E-state index in [9.17, 15) is 9.18 Å². The molecule has 0 unspecified atom stereocenters. The Kier molecular flexibility index (Phi) is 4.94. The summed E-state index contributed by atoms with van der Waals surface area (Å²) < 4.78 is 14.1. The van der Waals surface area contributed by atoms with Crippen LogP contribution in [-0.2, 0) is 6.54 Å². The number of halogens is 1.